The first-order valence-corrected chi connectivity index (χ1v) is 35.6. The largest absolute Gasteiger partial charge is 0.310 e. The summed E-state index contributed by atoms with van der Waals surface area (Å²) in [6.07, 6.45) is 0. The number of hydrogen-bond acceptors (Lipinski definition) is 5. The van der Waals surface area contributed by atoms with Crippen molar-refractivity contribution < 1.29 is 0 Å². The summed E-state index contributed by atoms with van der Waals surface area (Å²) >= 11 is 1.87. The maximum Gasteiger partial charge on any atom is 0.164 e. The van der Waals surface area contributed by atoms with Gasteiger partial charge >= 0.3 is 0 Å². The molecule has 12 aromatic carbocycles. The zero-order valence-corrected chi connectivity index (χ0v) is 58.9. The molecule has 0 amide bonds. The third kappa shape index (κ3) is 9.18. The molecule has 18 rings (SSSR count). The second-order valence-electron chi connectivity index (χ2n) is 30.8. The van der Waals surface area contributed by atoms with Crippen molar-refractivity contribution >= 4 is 48.6 Å². The highest BCUT2D eigenvalue weighted by Crippen LogP contribution is 2.62. The van der Waals surface area contributed by atoms with Gasteiger partial charge in [-0.25, -0.2) is 15.0 Å². The Bertz CT molecular complexity index is 5500. The van der Waals surface area contributed by atoms with Crippen LogP contribution in [0.2, 0.25) is 0 Å². The lowest BCUT2D eigenvalue weighted by molar-refractivity contribution is 0.298. The van der Waals surface area contributed by atoms with Gasteiger partial charge in [0.1, 0.15) is 0 Å². The molecular formula is C93H80N4S. The maximum absolute atomic E-state index is 4.93. The normalized spacial score (nSPS) is 16.0. The summed E-state index contributed by atoms with van der Waals surface area (Å²) in [6.45, 7) is 29.0. The van der Waals surface area contributed by atoms with Crippen LogP contribution in [-0.4, -0.2) is 15.0 Å². The monoisotopic (exact) mass is 1280 g/mol. The van der Waals surface area contributed by atoms with Gasteiger partial charge in [-0.1, -0.05) is 289 Å². The molecule has 0 saturated heterocycles. The average molecular weight is 1290 g/mol. The first kappa shape index (κ1) is 61.3. The van der Waals surface area contributed by atoms with Crippen molar-refractivity contribution in [1.82, 2.24) is 15.0 Å². The van der Waals surface area contributed by atoms with Gasteiger partial charge in [0.2, 0.25) is 0 Å². The van der Waals surface area contributed by atoms with Crippen molar-refractivity contribution in [2.75, 3.05) is 4.90 Å². The summed E-state index contributed by atoms with van der Waals surface area (Å²) in [6, 6.07) is 97.7. The van der Waals surface area contributed by atoms with Crippen LogP contribution in [0.25, 0.3) is 110 Å². The summed E-state index contributed by atoms with van der Waals surface area (Å²) in [5.74, 6) is 2.00. The van der Waals surface area contributed by atoms with Crippen molar-refractivity contribution in [1.29, 1.82) is 0 Å². The first-order chi connectivity index (χ1) is 47.1. The Morgan fingerprint density at radius 3 is 1.36 bits per heavy atom. The van der Waals surface area contributed by atoms with Gasteiger partial charge in [-0.3, -0.25) is 0 Å². The van der Waals surface area contributed by atoms with E-state index >= 15 is 0 Å². The average Bonchev–Trinajstić information content (AvgIpc) is 1.35. The molecule has 98 heavy (non-hydrogen) atoms. The fourth-order valence-electron chi connectivity index (χ4n) is 17.0. The lowest BCUT2D eigenvalue weighted by Gasteiger charge is -2.49. The van der Waals surface area contributed by atoms with E-state index in [-0.39, 0.29) is 32.5 Å². The summed E-state index contributed by atoms with van der Waals surface area (Å²) in [7, 11) is 0. The van der Waals surface area contributed by atoms with Crippen LogP contribution < -0.4 is 4.90 Å². The Hall–Kier alpha value is -10.3. The number of anilines is 3. The Morgan fingerprint density at radius 2 is 0.694 bits per heavy atom. The molecular weight excluding hydrogens is 1210 g/mol. The van der Waals surface area contributed by atoms with Crippen LogP contribution in [0.4, 0.5) is 17.1 Å². The SMILES string of the molecule is CC1(C)c2cc(-c3ccc(-c4nc(-c5ccccc5)nc(-c5ccccc5)n4)cc3)ccc2-c2cc3c(cc21)C(C)(C)C(C)(C)c1ccccc1-3.CC1(C)c2cc(N(c3ccccc3)c3ccc4sc5ccccc5c4c3)ccc2-c2ccc3c(c21)-c1ccccc1C(C)(C)C3(C)C. The lowest BCUT2D eigenvalue weighted by atomic mass is 9.54. The highest BCUT2D eigenvalue weighted by molar-refractivity contribution is 7.25. The van der Waals surface area contributed by atoms with Gasteiger partial charge in [0.15, 0.2) is 17.5 Å². The smallest absolute Gasteiger partial charge is 0.164 e. The Labute approximate surface area is 581 Å². The fraction of sp³-hybridized carbons (Fsp3) is 0.194. The van der Waals surface area contributed by atoms with E-state index in [2.05, 4.69) is 294 Å². The zero-order chi connectivity index (χ0) is 67.4. The molecule has 14 aromatic rings. The van der Waals surface area contributed by atoms with Gasteiger partial charge < -0.3 is 4.90 Å². The van der Waals surface area contributed by atoms with E-state index in [9.17, 15) is 0 Å². The minimum atomic E-state index is -0.174. The number of nitrogens with zero attached hydrogens (tertiary/aromatic N) is 4. The van der Waals surface area contributed by atoms with Gasteiger partial charge in [-0.15, -0.1) is 11.3 Å². The van der Waals surface area contributed by atoms with Gasteiger partial charge in [-0.2, -0.15) is 0 Å². The second-order valence-corrected chi connectivity index (χ2v) is 31.8. The fourth-order valence-corrected chi connectivity index (χ4v) is 18.1. The van der Waals surface area contributed by atoms with E-state index in [1.54, 1.807) is 0 Å². The van der Waals surface area contributed by atoms with E-state index in [0.29, 0.717) is 17.5 Å². The second kappa shape index (κ2) is 22.1. The molecule has 4 nitrogen and oxygen atoms in total. The summed E-state index contributed by atoms with van der Waals surface area (Å²) in [5, 5.41) is 2.64. The Morgan fingerprint density at radius 1 is 0.255 bits per heavy atom. The molecule has 2 heterocycles. The van der Waals surface area contributed by atoms with Crippen LogP contribution in [-0.2, 0) is 32.5 Å². The minimum Gasteiger partial charge on any atom is -0.310 e. The Balaban J connectivity index is 0.000000148. The summed E-state index contributed by atoms with van der Waals surface area (Å²) in [4.78, 5) is 17.2. The predicted octanol–water partition coefficient (Wildman–Crippen LogP) is 25.1. The molecule has 0 saturated carbocycles. The van der Waals surface area contributed by atoms with Crippen LogP contribution in [0, 0.1) is 0 Å². The number of aromatic nitrogens is 3. The van der Waals surface area contributed by atoms with Gasteiger partial charge in [0, 0.05) is 64.8 Å². The highest BCUT2D eigenvalue weighted by atomic mass is 32.1. The van der Waals surface area contributed by atoms with Crippen molar-refractivity contribution in [3.8, 4) is 89.8 Å². The van der Waals surface area contributed by atoms with Gasteiger partial charge in [-0.05, 0) is 182 Å². The maximum atomic E-state index is 4.93. The van der Waals surface area contributed by atoms with E-state index in [1.165, 1.54) is 132 Å². The molecule has 0 unspecified atom stereocenters. The molecule has 0 spiro atoms. The molecule has 0 bridgehead atoms. The molecule has 0 fully saturated rings. The minimum absolute atomic E-state index is 0.00723. The molecule has 0 atom stereocenters. The molecule has 0 radical (unpaired) electrons. The van der Waals surface area contributed by atoms with Crippen LogP contribution in [0.15, 0.2) is 267 Å². The molecule has 4 aliphatic carbocycles. The molecule has 2 aromatic heterocycles. The number of fused-ring (bicyclic) bond motifs is 16. The summed E-state index contributed by atoms with van der Waals surface area (Å²) in [5.41, 5.74) is 30.9. The Kier molecular flexibility index (Phi) is 13.8. The molecule has 478 valence electrons. The number of thiophene rings is 1. The third-order valence-electron chi connectivity index (χ3n) is 23.9. The van der Waals surface area contributed by atoms with Crippen molar-refractivity contribution in [3.05, 3.63) is 311 Å². The topological polar surface area (TPSA) is 41.9 Å². The van der Waals surface area contributed by atoms with Crippen molar-refractivity contribution in [2.24, 2.45) is 0 Å². The van der Waals surface area contributed by atoms with Crippen LogP contribution in [0.1, 0.15) is 128 Å². The number of benzene rings is 12. The van der Waals surface area contributed by atoms with E-state index < -0.39 is 0 Å². The standard InChI is InChI=1S/C48H41N3.C45H39NS/c1-46(2)40-27-34(25-26-36(40)37-28-38-35-19-13-14-20-39(35)47(3,4)48(5,6)42(38)29-41(37)46)30-21-23-33(24-22-30)45-50-43(31-15-9-7-10-16-31)49-44(51-45)32-17-11-8-12-18-32;1-43(2)38-27-30(46(28-14-8-7-9-15-28)29-21-25-40-35(26-29)32-16-11-13-19-39(32)47-40)20-22-31(38)33-23-24-37-41(42(33)43)34-17-10-12-18-36(34)44(3,4)45(37,5)6/h7-29H,1-6H3;7-27H,1-6H3. The van der Waals surface area contributed by atoms with Crippen LogP contribution in [0.5, 0.6) is 0 Å². The van der Waals surface area contributed by atoms with Crippen LogP contribution in [0.3, 0.4) is 0 Å². The van der Waals surface area contributed by atoms with Gasteiger partial charge in [0.25, 0.3) is 0 Å². The molecule has 5 heteroatoms. The van der Waals surface area contributed by atoms with E-state index in [0.717, 1.165) is 22.4 Å². The predicted molar refractivity (Wildman–Crippen MR) is 414 cm³/mol. The van der Waals surface area contributed by atoms with Crippen molar-refractivity contribution in [3.63, 3.8) is 0 Å². The number of rotatable bonds is 7. The molecule has 0 aliphatic heterocycles. The van der Waals surface area contributed by atoms with Gasteiger partial charge in [0.05, 0.1) is 0 Å². The molecule has 4 aliphatic rings. The van der Waals surface area contributed by atoms with Crippen molar-refractivity contribution in [2.45, 2.75) is 116 Å². The van der Waals surface area contributed by atoms with E-state index in [4.69, 9.17) is 15.0 Å². The summed E-state index contributed by atoms with van der Waals surface area (Å²) < 4.78 is 2.66. The third-order valence-corrected chi connectivity index (χ3v) is 25.1. The highest BCUT2D eigenvalue weighted by Gasteiger charge is 2.51. The molecule has 0 N–H and O–H groups in total. The lowest BCUT2D eigenvalue weighted by Crippen LogP contribution is -2.44. The first-order valence-electron chi connectivity index (χ1n) is 34.7. The number of hydrogen-bond donors (Lipinski definition) is 0. The number of para-hydroxylation sites is 1. The van der Waals surface area contributed by atoms with E-state index in [1.807, 2.05) is 72.0 Å². The van der Waals surface area contributed by atoms with Crippen LogP contribution >= 0.6 is 11.3 Å². The quantitative estimate of drug-likeness (QED) is 0.159. The zero-order valence-electron chi connectivity index (χ0n) is 58.1.